The average Bonchev–Trinajstić information content (AvgIpc) is 3.01. The molecular weight excluding hydrogens is 186 g/mol. The first-order valence-corrected chi connectivity index (χ1v) is 5.86. The maximum absolute atomic E-state index is 9.28. The van der Waals surface area contributed by atoms with Crippen LogP contribution in [-0.4, -0.2) is 17.7 Å². The van der Waals surface area contributed by atoms with E-state index in [0.717, 1.165) is 19.0 Å². The van der Waals surface area contributed by atoms with E-state index in [1.54, 1.807) is 6.07 Å². The Labute approximate surface area is 91.3 Å². The van der Waals surface area contributed by atoms with E-state index in [-0.39, 0.29) is 0 Å². The summed E-state index contributed by atoms with van der Waals surface area (Å²) in [5, 5.41) is 12.8. The van der Waals surface area contributed by atoms with Gasteiger partial charge in [-0.2, -0.15) is 0 Å². The molecule has 0 saturated heterocycles. The van der Waals surface area contributed by atoms with Gasteiger partial charge in [-0.3, -0.25) is 0 Å². The molecule has 0 spiro atoms. The summed E-state index contributed by atoms with van der Waals surface area (Å²) in [5.74, 6) is 0.378. The van der Waals surface area contributed by atoms with Crippen molar-refractivity contribution in [3.8, 4) is 5.75 Å². The third-order valence-corrected chi connectivity index (χ3v) is 2.81. The number of hydrogen-bond acceptors (Lipinski definition) is 2. The molecule has 1 fully saturated rings. The summed E-state index contributed by atoms with van der Waals surface area (Å²) in [6.45, 7) is 1.14. The lowest BCUT2D eigenvalue weighted by Crippen LogP contribution is -2.17. The number of phenols is 1. The SMILES string of the molecule is Oc1cccc(CCCCNC2CC2)c1. The molecule has 1 aromatic carbocycles. The first kappa shape index (κ1) is 10.5. The van der Waals surface area contributed by atoms with Gasteiger partial charge in [0, 0.05) is 6.04 Å². The lowest BCUT2D eigenvalue weighted by atomic mass is 10.1. The van der Waals surface area contributed by atoms with Crippen LogP contribution in [0.4, 0.5) is 0 Å². The molecule has 0 heterocycles. The van der Waals surface area contributed by atoms with Crippen LogP contribution in [0.5, 0.6) is 5.75 Å². The number of phenolic OH excluding ortho intramolecular Hbond substituents is 1. The Morgan fingerprint density at radius 3 is 2.87 bits per heavy atom. The van der Waals surface area contributed by atoms with Crippen LogP contribution in [-0.2, 0) is 6.42 Å². The minimum Gasteiger partial charge on any atom is -0.508 e. The second-order valence-electron chi connectivity index (χ2n) is 4.36. The van der Waals surface area contributed by atoms with Gasteiger partial charge in [0.05, 0.1) is 0 Å². The number of benzene rings is 1. The monoisotopic (exact) mass is 205 g/mol. The van der Waals surface area contributed by atoms with E-state index in [9.17, 15) is 5.11 Å². The van der Waals surface area contributed by atoms with Gasteiger partial charge in [0.1, 0.15) is 5.75 Å². The van der Waals surface area contributed by atoms with Crippen molar-refractivity contribution < 1.29 is 5.11 Å². The second kappa shape index (κ2) is 5.17. The molecule has 0 aromatic heterocycles. The molecule has 0 radical (unpaired) electrons. The third-order valence-electron chi connectivity index (χ3n) is 2.81. The fraction of sp³-hybridized carbons (Fsp3) is 0.538. The summed E-state index contributed by atoms with van der Waals surface area (Å²) in [4.78, 5) is 0. The van der Waals surface area contributed by atoms with Crippen molar-refractivity contribution in [2.24, 2.45) is 0 Å². The molecule has 15 heavy (non-hydrogen) atoms. The molecule has 2 N–H and O–H groups in total. The minimum atomic E-state index is 0.378. The van der Waals surface area contributed by atoms with Crippen LogP contribution in [0.2, 0.25) is 0 Å². The van der Waals surface area contributed by atoms with E-state index >= 15 is 0 Å². The number of rotatable bonds is 6. The Morgan fingerprint density at radius 2 is 2.13 bits per heavy atom. The summed E-state index contributed by atoms with van der Waals surface area (Å²) < 4.78 is 0. The van der Waals surface area contributed by atoms with Gasteiger partial charge in [-0.1, -0.05) is 12.1 Å². The molecule has 1 aliphatic rings. The number of hydrogen-bond donors (Lipinski definition) is 2. The van der Waals surface area contributed by atoms with Crippen molar-refractivity contribution in [2.45, 2.75) is 38.1 Å². The van der Waals surface area contributed by atoms with Crippen LogP contribution in [0.3, 0.4) is 0 Å². The van der Waals surface area contributed by atoms with Crippen molar-refractivity contribution in [2.75, 3.05) is 6.54 Å². The minimum absolute atomic E-state index is 0.378. The Morgan fingerprint density at radius 1 is 1.27 bits per heavy atom. The molecular formula is C13H19NO. The molecule has 2 rings (SSSR count). The summed E-state index contributed by atoms with van der Waals surface area (Å²) in [6.07, 6.45) is 6.23. The van der Waals surface area contributed by atoms with Gasteiger partial charge in [0.15, 0.2) is 0 Å². The molecule has 0 aliphatic heterocycles. The molecule has 0 amide bonds. The van der Waals surface area contributed by atoms with Crippen LogP contribution in [0.1, 0.15) is 31.2 Å². The maximum atomic E-state index is 9.28. The quantitative estimate of drug-likeness (QED) is 0.699. The summed E-state index contributed by atoms with van der Waals surface area (Å²) >= 11 is 0. The van der Waals surface area contributed by atoms with Crippen molar-refractivity contribution in [3.63, 3.8) is 0 Å². The first-order chi connectivity index (χ1) is 7.34. The lowest BCUT2D eigenvalue weighted by Gasteiger charge is -2.03. The predicted molar refractivity (Wildman–Crippen MR) is 62.1 cm³/mol. The standard InChI is InChI=1S/C13H19NO/c15-13-6-3-5-11(10-13)4-1-2-9-14-12-7-8-12/h3,5-6,10,12,14-15H,1-2,4,7-9H2. The van der Waals surface area contributed by atoms with E-state index in [1.165, 1.54) is 31.2 Å². The van der Waals surface area contributed by atoms with Gasteiger partial charge >= 0.3 is 0 Å². The predicted octanol–water partition coefficient (Wildman–Crippen LogP) is 2.47. The van der Waals surface area contributed by atoms with Crippen LogP contribution in [0.15, 0.2) is 24.3 Å². The number of aryl methyl sites for hydroxylation is 1. The molecule has 1 aromatic rings. The highest BCUT2D eigenvalue weighted by atomic mass is 16.3. The fourth-order valence-electron chi connectivity index (χ4n) is 1.76. The average molecular weight is 205 g/mol. The Balaban J connectivity index is 1.60. The van der Waals surface area contributed by atoms with Crippen molar-refractivity contribution in [3.05, 3.63) is 29.8 Å². The molecule has 2 heteroatoms. The van der Waals surface area contributed by atoms with Crippen molar-refractivity contribution in [1.82, 2.24) is 5.32 Å². The van der Waals surface area contributed by atoms with E-state index in [1.807, 2.05) is 12.1 Å². The van der Waals surface area contributed by atoms with Crippen molar-refractivity contribution in [1.29, 1.82) is 0 Å². The van der Waals surface area contributed by atoms with Crippen LogP contribution in [0.25, 0.3) is 0 Å². The summed E-state index contributed by atoms with van der Waals surface area (Å²) in [6, 6.07) is 8.39. The van der Waals surface area contributed by atoms with Crippen LogP contribution >= 0.6 is 0 Å². The Bertz CT molecular complexity index is 307. The lowest BCUT2D eigenvalue weighted by molar-refractivity contribution is 0.474. The van der Waals surface area contributed by atoms with Gasteiger partial charge < -0.3 is 10.4 Å². The highest BCUT2D eigenvalue weighted by molar-refractivity contribution is 5.27. The van der Waals surface area contributed by atoms with E-state index < -0.39 is 0 Å². The third kappa shape index (κ3) is 3.92. The molecule has 1 aliphatic carbocycles. The van der Waals surface area contributed by atoms with Gasteiger partial charge in [-0.05, 0) is 56.3 Å². The van der Waals surface area contributed by atoms with E-state index in [4.69, 9.17) is 0 Å². The molecule has 0 bridgehead atoms. The number of aromatic hydroxyl groups is 1. The Kier molecular flexibility index (Phi) is 3.62. The fourth-order valence-corrected chi connectivity index (χ4v) is 1.76. The van der Waals surface area contributed by atoms with E-state index in [2.05, 4.69) is 11.4 Å². The highest BCUT2D eigenvalue weighted by Gasteiger charge is 2.19. The van der Waals surface area contributed by atoms with Crippen molar-refractivity contribution >= 4 is 0 Å². The second-order valence-corrected chi connectivity index (χ2v) is 4.36. The maximum Gasteiger partial charge on any atom is 0.115 e. The van der Waals surface area contributed by atoms with Gasteiger partial charge in [0.25, 0.3) is 0 Å². The molecule has 1 saturated carbocycles. The largest absolute Gasteiger partial charge is 0.508 e. The molecule has 2 nitrogen and oxygen atoms in total. The summed E-state index contributed by atoms with van der Waals surface area (Å²) in [7, 11) is 0. The van der Waals surface area contributed by atoms with E-state index in [0.29, 0.717) is 5.75 Å². The zero-order chi connectivity index (χ0) is 10.5. The molecule has 82 valence electrons. The first-order valence-electron chi connectivity index (χ1n) is 5.86. The van der Waals surface area contributed by atoms with Gasteiger partial charge in [-0.25, -0.2) is 0 Å². The number of unbranched alkanes of at least 4 members (excludes halogenated alkanes) is 1. The highest BCUT2D eigenvalue weighted by Crippen LogP contribution is 2.18. The summed E-state index contributed by atoms with van der Waals surface area (Å²) in [5.41, 5.74) is 1.24. The van der Waals surface area contributed by atoms with Crippen LogP contribution < -0.4 is 5.32 Å². The van der Waals surface area contributed by atoms with Gasteiger partial charge in [-0.15, -0.1) is 0 Å². The topological polar surface area (TPSA) is 32.3 Å². The zero-order valence-electron chi connectivity index (χ0n) is 9.08. The Hall–Kier alpha value is -1.02. The van der Waals surface area contributed by atoms with Gasteiger partial charge in [0.2, 0.25) is 0 Å². The normalized spacial score (nSPS) is 15.5. The molecule has 0 unspecified atom stereocenters. The zero-order valence-corrected chi connectivity index (χ0v) is 9.08. The smallest absolute Gasteiger partial charge is 0.115 e. The molecule has 0 atom stereocenters. The van der Waals surface area contributed by atoms with Crippen LogP contribution in [0, 0.1) is 0 Å². The number of nitrogens with one attached hydrogen (secondary N) is 1.